The smallest absolute Gasteiger partial charge is 0.264 e. The Labute approximate surface area is 156 Å². The molecule has 26 heavy (non-hydrogen) atoms. The van der Waals surface area contributed by atoms with Crippen LogP contribution in [0.4, 0.5) is 0 Å². The van der Waals surface area contributed by atoms with Crippen molar-refractivity contribution in [3.8, 4) is 5.75 Å². The average Bonchev–Trinajstić information content (AvgIpc) is 2.61. The Bertz CT molecular complexity index is 757. The summed E-state index contributed by atoms with van der Waals surface area (Å²) >= 11 is 0. The van der Waals surface area contributed by atoms with E-state index in [0.29, 0.717) is 13.0 Å². The molecule has 142 valence electrons. The molecule has 5 nitrogen and oxygen atoms in total. The molecule has 0 spiro atoms. The second-order valence-electron chi connectivity index (χ2n) is 6.37. The topological polar surface area (TPSA) is 61.8 Å². The summed E-state index contributed by atoms with van der Waals surface area (Å²) in [5, 5.41) is 0. The largest absolute Gasteiger partial charge is 0.497 e. The normalized spacial score (nSPS) is 14.0. The van der Waals surface area contributed by atoms with Gasteiger partial charge >= 0.3 is 0 Å². The van der Waals surface area contributed by atoms with Gasteiger partial charge in [0.1, 0.15) is 11.9 Å². The van der Waals surface area contributed by atoms with Crippen LogP contribution in [0.1, 0.15) is 18.1 Å². The van der Waals surface area contributed by atoms with E-state index < -0.39 is 16.2 Å². The van der Waals surface area contributed by atoms with Crippen LogP contribution in [-0.4, -0.2) is 34.5 Å². The van der Waals surface area contributed by atoms with E-state index in [0.717, 1.165) is 23.1 Å². The molecule has 0 bridgehead atoms. The molecule has 0 aliphatic carbocycles. The Morgan fingerprint density at radius 2 is 1.62 bits per heavy atom. The fraction of sp³-hybridized carbons (Fsp3) is 0.400. The fourth-order valence-electron chi connectivity index (χ4n) is 2.64. The molecule has 0 aromatic heterocycles. The number of hydrogen-bond acceptors (Lipinski definition) is 5. The Balaban J connectivity index is 1.95. The lowest BCUT2D eigenvalue weighted by Crippen LogP contribution is -2.31. The zero-order valence-electron chi connectivity index (χ0n) is 15.4. The quantitative estimate of drug-likeness (QED) is 0.593. The maximum absolute atomic E-state index is 11.6. The van der Waals surface area contributed by atoms with E-state index in [1.165, 1.54) is 0 Å². The minimum Gasteiger partial charge on any atom is -0.497 e. The summed E-state index contributed by atoms with van der Waals surface area (Å²) in [6.45, 7) is 2.55. The van der Waals surface area contributed by atoms with Gasteiger partial charge in [0, 0.05) is 0 Å². The van der Waals surface area contributed by atoms with Crippen molar-refractivity contribution in [3.05, 3.63) is 65.7 Å². The standard InChI is InChI=1S/C20H26O5S/c1-16(13-17-7-5-4-6-8-17)20(25-26(3,21)22)15-24-14-18-9-11-19(23-2)12-10-18/h4-12,16,20H,13-15H2,1-3H3/t16-,20+/m1/s1. The van der Waals surface area contributed by atoms with Crippen LogP contribution in [0.25, 0.3) is 0 Å². The highest BCUT2D eigenvalue weighted by Crippen LogP contribution is 2.18. The first-order chi connectivity index (χ1) is 12.4. The van der Waals surface area contributed by atoms with Gasteiger partial charge in [-0.05, 0) is 35.6 Å². The number of rotatable bonds is 10. The molecule has 0 amide bonds. The number of benzene rings is 2. The van der Waals surface area contributed by atoms with Crippen LogP contribution in [0, 0.1) is 5.92 Å². The molecule has 2 atom stereocenters. The highest BCUT2D eigenvalue weighted by Gasteiger charge is 2.23. The van der Waals surface area contributed by atoms with Crippen LogP contribution >= 0.6 is 0 Å². The zero-order chi connectivity index (χ0) is 19.0. The first-order valence-electron chi connectivity index (χ1n) is 8.50. The summed E-state index contributed by atoms with van der Waals surface area (Å²) in [5.74, 6) is 0.770. The van der Waals surface area contributed by atoms with Gasteiger partial charge in [-0.3, -0.25) is 4.18 Å². The third-order valence-corrected chi connectivity index (χ3v) is 4.64. The molecule has 2 aromatic rings. The van der Waals surface area contributed by atoms with Gasteiger partial charge < -0.3 is 9.47 Å². The summed E-state index contributed by atoms with van der Waals surface area (Å²) in [6.07, 6.45) is 1.24. The molecular weight excluding hydrogens is 352 g/mol. The molecule has 2 rings (SSSR count). The Hall–Kier alpha value is -1.89. The van der Waals surface area contributed by atoms with E-state index in [9.17, 15) is 8.42 Å². The molecule has 6 heteroatoms. The lowest BCUT2D eigenvalue weighted by atomic mass is 9.96. The first-order valence-corrected chi connectivity index (χ1v) is 10.3. The van der Waals surface area contributed by atoms with Crippen LogP contribution in [-0.2, 0) is 32.1 Å². The summed E-state index contributed by atoms with van der Waals surface area (Å²) in [7, 11) is -1.94. The SMILES string of the molecule is COc1ccc(COC[C@H](OS(C)(=O)=O)[C@H](C)Cc2ccccc2)cc1. The van der Waals surface area contributed by atoms with Crippen molar-refractivity contribution in [3.63, 3.8) is 0 Å². The monoisotopic (exact) mass is 378 g/mol. The molecule has 0 saturated heterocycles. The lowest BCUT2D eigenvalue weighted by molar-refractivity contribution is 0.0200. The van der Waals surface area contributed by atoms with Crippen molar-refractivity contribution in [2.24, 2.45) is 5.92 Å². The van der Waals surface area contributed by atoms with Crippen LogP contribution in [0.5, 0.6) is 5.75 Å². The second-order valence-corrected chi connectivity index (χ2v) is 7.97. The van der Waals surface area contributed by atoms with Gasteiger partial charge in [-0.15, -0.1) is 0 Å². The van der Waals surface area contributed by atoms with Crippen LogP contribution in [0.15, 0.2) is 54.6 Å². The summed E-state index contributed by atoms with van der Waals surface area (Å²) in [6, 6.07) is 17.5. The average molecular weight is 378 g/mol. The minimum absolute atomic E-state index is 0.0111. The number of hydrogen-bond donors (Lipinski definition) is 0. The van der Waals surface area contributed by atoms with Crippen LogP contribution in [0.3, 0.4) is 0 Å². The van der Waals surface area contributed by atoms with Crippen LogP contribution < -0.4 is 4.74 Å². The van der Waals surface area contributed by atoms with E-state index in [2.05, 4.69) is 0 Å². The summed E-state index contributed by atoms with van der Waals surface area (Å²) in [4.78, 5) is 0. The van der Waals surface area contributed by atoms with E-state index in [1.807, 2.05) is 61.5 Å². The number of methoxy groups -OCH3 is 1. The minimum atomic E-state index is -3.56. The Morgan fingerprint density at radius 1 is 0.962 bits per heavy atom. The predicted molar refractivity (Wildman–Crippen MR) is 102 cm³/mol. The van der Waals surface area contributed by atoms with Crippen molar-refractivity contribution in [2.75, 3.05) is 20.0 Å². The molecule has 0 aliphatic heterocycles. The third-order valence-electron chi connectivity index (χ3n) is 4.04. The van der Waals surface area contributed by atoms with Crippen molar-refractivity contribution < 1.29 is 22.1 Å². The van der Waals surface area contributed by atoms with Gasteiger partial charge in [-0.25, -0.2) is 0 Å². The molecular formula is C20H26O5S. The molecule has 0 saturated carbocycles. The number of ether oxygens (including phenoxy) is 2. The maximum atomic E-state index is 11.6. The molecule has 0 N–H and O–H groups in total. The fourth-order valence-corrected chi connectivity index (χ4v) is 3.34. The van der Waals surface area contributed by atoms with Gasteiger partial charge in [0.25, 0.3) is 10.1 Å². The van der Waals surface area contributed by atoms with Gasteiger partial charge in [0.15, 0.2) is 0 Å². The molecule has 2 aromatic carbocycles. The van der Waals surface area contributed by atoms with Gasteiger partial charge in [0.2, 0.25) is 0 Å². The predicted octanol–water partition coefficient (Wildman–Crippen LogP) is 3.44. The van der Waals surface area contributed by atoms with Crippen molar-refractivity contribution >= 4 is 10.1 Å². The Kier molecular flexibility index (Phi) is 7.63. The van der Waals surface area contributed by atoms with Crippen molar-refractivity contribution in [2.45, 2.75) is 26.1 Å². The van der Waals surface area contributed by atoms with E-state index >= 15 is 0 Å². The highest BCUT2D eigenvalue weighted by atomic mass is 32.2. The zero-order valence-corrected chi connectivity index (χ0v) is 16.2. The van der Waals surface area contributed by atoms with Crippen molar-refractivity contribution in [1.82, 2.24) is 0 Å². The Morgan fingerprint density at radius 3 is 2.19 bits per heavy atom. The molecule has 0 aliphatic rings. The van der Waals surface area contributed by atoms with Gasteiger partial charge in [-0.1, -0.05) is 49.4 Å². The second kappa shape index (κ2) is 9.71. The van der Waals surface area contributed by atoms with Crippen molar-refractivity contribution in [1.29, 1.82) is 0 Å². The molecule has 0 fully saturated rings. The maximum Gasteiger partial charge on any atom is 0.264 e. The van der Waals surface area contributed by atoms with Crippen LogP contribution in [0.2, 0.25) is 0 Å². The first kappa shape index (κ1) is 20.4. The summed E-state index contributed by atoms with van der Waals surface area (Å²) in [5.41, 5.74) is 2.12. The van der Waals surface area contributed by atoms with Gasteiger partial charge in [0.05, 0.1) is 26.6 Å². The molecule has 0 radical (unpaired) electrons. The lowest BCUT2D eigenvalue weighted by Gasteiger charge is -2.23. The van der Waals surface area contributed by atoms with E-state index in [1.54, 1.807) is 7.11 Å². The van der Waals surface area contributed by atoms with Gasteiger partial charge in [-0.2, -0.15) is 8.42 Å². The molecule has 0 heterocycles. The van der Waals surface area contributed by atoms with E-state index in [4.69, 9.17) is 13.7 Å². The molecule has 0 unspecified atom stereocenters. The van der Waals surface area contributed by atoms with E-state index in [-0.39, 0.29) is 12.5 Å². The highest BCUT2D eigenvalue weighted by molar-refractivity contribution is 7.86. The summed E-state index contributed by atoms with van der Waals surface area (Å²) < 4.78 is 39.4. The third kappa shape index (κ3) is 7.15.